The molecule has 0 amide bonds. The molecule has 0 aliphatic carbocycles. The van der Waals surface area contributed by atoms with E-state index in [1.54, 1.807) is 0 Å². The van der Waals surface area contributed by atoms with Crippen LogP contribution in [0.4, 0.5) is 0 Å². The summed E-state index contributed by atoms with van der Waals surface area (Å²) >= 11 is 0. The lowest BCUT2D eigenvalue weighted by Gasteiger charge is -2.20. The van der Waals surface area contributed by atoms with Crippen molar-refractivity contribution in [1.29, 1.82) is 0 Å². The van der Waals surface area contributed by atoms with Crippen LogP contribution >= 0.6 is 0 Å². The average Bonchev–Trinajstić information content (AvgIpc) is 2.57. The molecule has 0 aromatic heterocycles. The summed E-state index contributed by atoms with van der Waals surface area (Å²) in [4.78, 5) is 14.1. The fourth-order valence-corrected chi connectivity index (χ4v) is 2.02. The van der Waals surface area contributed by atoms with Gasteiger partial charge >= 0.3 is 0 Å². The zero-order valence-electron chi connectivity index (χ0n) is 11.0. The van der Waals surface area contributed by atoms with Crippen LogP contribution in [0.15, 0.2) is 12.3 Å². The van der Waals surface area contributed by atoms with Crippen LogP contribution in [0, 0.1) is 5.41 Å². The van der Waals surface area contributed by atoms with Crippen molar-refractivity contribution in [3.05, 3.63) is 12.3 Å². The van der Waals surface area contributed by atoms with Gasteiger partial charge in [-0.3, -0.25) is 4.79 Å². The molecule has 0 unspecified atom stereocenters. The van der Waals surface area contributed by atoms with Crippen LogP contribution in [-0.2, 0) is 4.79 Å². The van der Waals surface area contributed by atoms with E-state index < -0.39 is 0 Å². The summed E-state index contributed by atoms with van der Waals surface area (Å²) < 4.78 is 0. The normalized spacial score (nSPS) is 16.9. The number of hydrogen-bond acceptors (Lipinski definition) is 2. The lowest BCUT2D eigenvalue weighted by molar-refractivity contribution is -0.126. The van der Waals surface area contributed by atoms with Gasteiger partial charge in [-0.2, -0.15) is 0 Å². The molecule has 16 heavy (non-hydrogen) atoms. The number of carbonyl (C=O) groups excluding carboxylic acids is 1. The maximum Gasteiger partial charge on any atom is 0.138 e. The van der Waals surface area contributed by atoms with Crippen molar-refractivity contribution in [2.45, 2.75) is 52.9 Å². The SMILES string of the molecule is C=C1CCCN1CCCCC(=O)C(C)(C)C. The van der Waals surface area contributed by atoms with Crippen molar-refractivity contribution in [3.8, 4) is 0 Å². The number of Topliss-reactive ketones (excluding diaryl/α,β-unsaturated/α-hetero) is 1. The molecule has 92 valence electrons. The molecule has 0 aromatic rings. The van der Waals surface area contributed by atoms with E-state index in [2.05, 4.69) is 11.5 Å². The van der Waals surface area contributed by atoms with Crippen molar-refractivity contribution >= 4 is 5.78 Å². The van der Waals surface area contributed by atoms with Gasteiger partial charge in [-0.05, 0) is 25.7 Å². The predicted molar refractivity (Wildman–Crippen MR) is 68.3 cm³/mol. The molecule has 1 rings (SSSR count). The molecule has 0 atom stereocenters. The Morgan fingerprint density at radius 1 is 1.38 bits per heavy atom. The van der Waals surface area contributed by atoms with E-state index in [1.807, 2.05) is 20.8 Å². The Morgan fingerprint density at radius 2 is 2.06 bits per heavy atom. The number of hydrogen-bond donors (Lipinski definition) is 0. The number of rotatable bonds is 5. The van der Waals surface area contributed by atoms with Gasteiger partial charge in [0.25, 0.3) is 0 Å². The Hall–Kier alpha value is -0.790. The highest BCUT2D eigenvalue weighted by atomic mass is 16.1. The van der Waals surface area contributed by atoms with Crippen LogP contribution in [0.3, 0.4) is 0 Å². The topological polar surface area (TPSA) is 20.3 Å². The summed E-state index contributed by atoms with van der Waals surface area (Å²) in [6.45, 7) is 12.3. The van der Waals surface area contributed by atoms with Crippen molar-refractivity contribution in [3.63, 3.8) is 0 Å². The molecule has 1 aliphatic heterocycles. The molecule has 1 heterocycles. The highest BCUT2D eigenvalue weighted by Crippen LogP contribution is 2.21. The first-order valence-corrected chi connectivity index (χ1v) is 6.37. The first-order valence-electron chi connectivity index (χ1n) is 6.37. The summed E-state index contributed by atoms with van der Waals surface area (Å²) in [6, 6.07) is 0. The van der Waals surface area contributed by atoms with Gasteiger partial charge < -0.3 is 4.90 Å². The molecule has 1 fully saturated rings. The largest absolute Gasteiger partial charge is 0.375 e. The third-order valence-electron chi connectivity index (χ3n) is 3.26. The number of nitrogens with zero attached hydrogens (tertiary/aromatic N) is 1. The molecule has 2 nitrogen and oxygen atoms in total. The molecule has 0 spiro atoms. The second-order valence-corrected chi connectivity index (χ2v) is 5.79. The fourth-order valence-electron chi connectivity index (χ4n) is 2.02. The second kappa shape index (κ2) is 5.51. The first kappa shape index (κ1) is 13.3. The Morgan fingerprint density at radius 3 is 2.56 bits per heavy atom. The molecule has 0 radical (unpaired) electrons. The molecular weight excluding hydrogens is 198 g/mol. The van der Waals surface area contributed by atoms with Gasteiger partial charge in [0.15, 0.2) is 0 Å². The van der Waals surface area contributed by atoms with Gasteiger partial charge in [-0.25, -0.2) is 0 Å². The molecule has 0 saturated carbocycles. The number of allylic oxidation sites excluding steroid dienone is 1. The van der Waals surface area contributed by atoms with Gasteiger partial charge in [0.1, 0.15) is 5.78 Å². The van der Waals surface area contributed by atoms with Crippen LogP contribution in [0.5, 0.6) is 0 Å². The maximum absolute atomic E-state index is 11.7. The lowest BCUT2D eigenvalue weighted by Crippen LogP contribution is -2.21. The van der Waals surface area contributed by atoms with Crippen LogP contribution in [0.1, 0.15) is 52.9 Å². The first-order chi connectivity index (χ1) is 7.41. The van der Waals surface area contributed by atoms with Crippen molar-refractivity contribution in [2.75, 3.05) is 13.1 Å². The van der Waals surface area contributed by atoms with E-state index in [0.717, 1.165) is 38.8 Å². The van der Waals surface area contributed by atoms with E-state index in [1.165, 1.54) is 12.1 Å². The Bertz CT molecular complexity index is 262. The predicted octanol–water partition coefficient (Wildman–Crippen LogP) is 3.38. The summed E-state index contributed by atoms with van der Waals surface area (Å²) in [5, 5.41) is 0. The average molecular weight is 223 g/mol. The third-order valence-corrected chi connectivity index (χ3v) is 3.26. The molecule has 1 aliphatic rings. The van der Waals surface area contributed by atoms with Gasteiger partial charge in [-0.1, -0.05) is 27.4 Å². The summed E-state index contributed by atoms with van der Waals surface area (Å²) in [5.74, 6) is 0.382. The van der Waals surface area contributed by atoms with E-state index >= 15 is 0 Å². The highest BCUT2D eigenvalue weighted by molar-refractivity contribution is 5.83. The van der Waals surface area contributed by atoms with Crippen LogP contribution in [-0.4, -0.2) is 23.8 Å². The summed E-state index contributed by atoms with van der Waals surface area (Å²) in [5.41, 5.74) is 1.11. The monoisotopic (exact) mass is 223 g/mol. The van der Waals surface area contributed by atoms with Crippen LogP contribution in [0.2, 0.25) is 0 Å². The quantitative estimate of drug-likeness (QED) is 0.666. The molecule has 0 N–H and O–H groups in total. The molecular formula is C14H25NO. The van der Waals surface area contributed by atoms with E-state index in [0.29, 0.717) is 5.78 Å². The van der Waals surface area contributed by atoms with E-state index in [-0.39, 0.29) is 5.41 Å². The fraction of sp³-hybridized carbons (Fsp3) is 0.786. The molecule has 1 saturated heterocycles. The number of likely N-dealkylation sites (tertiary alicyclic amines) is 1. The summed E-state index contributed by atoms with van der Waals surface area (Å²) in [7, 11) is 0. The Kier molecular flexibility index (Phi) is 4.57. The minimum absolute atomic E-state index is 0.169. The van der Waals surface area contributed by atoms with Gasteiger partial charge in [0, 0.05) is 30.6 Å². The third kappa shape index (κ3) is 3.99. The van der Waals surface area contributed by atoms with Crippen LogP contribution < -0.4 is 0 Å². The standard InChI is InChI=1S/C14H25NO/c1-12-8-7-11-15(12)10-6-5-9-13(16)14(2,3)4/h1,5-11H2,2-4H3. The van der Waals surface area contributed by atoms with Crippen molar-refractivity contribution in [2.24, 2.45) is 5.41 Å². The van der Waals surface area contributed by atoms with Crippen LogP contribution in [0.25, 0.3) is 0 Å². The Balaban J connectivity index is 2.12. The van der Waals surface area contributed by atoms with Gasteiger partial charge in [-0.15, -0.1) is 0 Å². The van der Waals surface area contributed by atoms with Gasteiger partial charge in [0.2, 0.25) is 0 Å². The number of carbonyl (C=O) groups is 1. The smallest absolute Gasteiger partial charge is 0.138 e. The molecule has 2 heteroatoms. The van der Waals surface area contributed by atoms with Gasteiger partial charge in [0.05, 0.1) is 0 Å². The Labute approximate surface area is 99.7 Å². The zero-order valence-corrected chi connectivity index (χ0v) is 11.0. The summed E-state index contributed by atoms with van der Waals surface area (Å²) in [6.07, 6.45) is 5.26. The zero-order chi connectivity index (χ0) is 12.2. The van der Waals surface area contributed by atoms with E-state index in [4.69, 9.17) is 0 Å². The number of unbranched alkanes of at least 4 members (excludes halogenated alkanes) is 1. The van der Waals surface area contributed by atoms with Crippen molar-refractivity contribution in [1.82, 2.24) is 4.90 Å². The molecule has 0 bridgehead atoms. The highest BCUT2D eigenvalue weighted by Gasteiger charge is 2.20. The van der Waals surface area contributed by atoms with Crippen molar-refractivity contribution < 1.29 is 4.79 Å². The minimum Gasteiger partial charge on any atom is -0.375 e. The van der Waals surface area contributed by atoms with E-state index in [9.17, 15) is 4.79 Å². The lowest BCUT2D eigenvalue weighted by atomic mass is 9.88. The second-order valence-electron chi connectivity index (χ2n) is 5.79. The molecule has 0 aromatic carbocycles. The minimum atomic E-state index is -0.169. The number of ketones is 1. The maximum atomic E-state index is 11.7.